The number of amides is 3. The molecule has 0 unspecified atom stereocenters. The normalized spacial score (nSPS) is 21.0. The van der Waals surface area contributed by atoms with Crippen LogP contribution in [0.2, 0.25) is 0 Å². The smallest absolute Gasteiger partial charge is 0.325 e. The van der Waals surface area contributed by atoms with E-state index in [1.165, 1.54) is 6.92 Å². The molecule has 0 aliphatic carbocycles. The van der Waals surface area contributed by atoms with Crippen molar-refractivity contribution in [3.8, 4) is 0 Å². The number of rotatable bonds is 3. The molecular formula is C15H13F2N3O3. The number of nitrogens with one attached hydrogen (secondary N) is 1. The highest BCUT2D eigenvalue weighted by Gasteiger charge is 2.50. The van der Waals surface area contributed by atoms with E-state index in [0.29, 0.717) is 11.5 Å². The SMILES string of the molecule is Cc1cc(CN2C(=O)N[C@@](C)(c3cc(F)ccc3F)C2=O)no1. The summed E-state index contributed by atoms with van der Waals surface area (Å²) >= 11 is 0. The summed E-state index contributed by atoms with van der Waals surface area (Å²) in [7, 11) is 0. The first-order chi connectivity index (χ1) is 10.8. The van der Waals surface area contributed by atoms with Crippen LogP contribution in [-0.2, 0) is 16.9 Å². The lowest BCUT2D eigenvalue weighted by atomic mass is 9.91. The number of imide groups is 1. The van der Waals surface area contributed by atoms with Crippen LogP contribution in [0, 0.1) is 18.6 Å². The number of carbonyl (C=O) groups excluding carboxylic acids is 2. The predicted octanol–water partition coefficient (Wildman–Crippen LogP) is 2.23. The first kappa shape index (κ1) is 15.1. The van der Waals surface area contributed by atoms with E-state index in [9.17, 15) is 18.4 Å². The quantitative estimate of drug-likeness (QED) is 0.880. The largest absolute Gasteiger partial charge is 0.361 e. The minimum Gasteiger partial charge on any atom is -0.361 e. The van der Waals surface area contributed by atoms with Crippen LogP contribution in [0.1, 0.15) is 23.9 Å². The Morgan fingerprint density at radius 3 is 2.70 bits per heavy atom. The average Bonchev–Trinajstić information content (AvgIpc) is 2.99. The predicted molar refractivity (Wildman–Crippen MR) is 74.0 cm³/mol. The number of benzene rings is 1. The van der Waals surface area contributed by atoms with Crippen LogP contribution >= 0.6 is 0 Å². The Balaban J connectivity index is 1.95. The molecule has 0 radical (unpaired) electrons. The fourth-order valence-corrected chi connectivity index (χ4v) is 2.56. The Morgan fingerprint density at radius 1 is 1.30 bits per heavy atom. The lowest BCUT2D eigenvalue weighted by molar-refractivity contribution is -0.131. The molecule has 2 aromatic rings. The van der Waals surface area contributed by atoms with E-state index in [4.69, 9.17) is 4.52 Å². The number of hydrogen-bond acceptors (Lipinski definition) is 4. The number of halogens is 2. The van der Waals surface area contributed by atoms with E-state index in [0.717, 1.165) is 23.1 Å². The summed E-state index contributed by atoms with van der Waals surface area (Å²) in [6, 6.07) is 3.64. The van der Waals surface area contributed by atoms with E-state index in [-0.39, 0.29) is 12.1 Å². The van der Waals surface area contributed by atoms with Crippen molar-refractivity contribution in [2.24, 2.45) is 0 Å². The number of nitrogens with zero attached hydrogens (tertiary/aromatic N) is 2. The maximum absolute atomic E-state index is 14.0. The summed E-state index contributed by atoms with van der Waals surface area (Å²) in [6.45, 7) is 2.89. The van der Waals surface area contributed by atoms with Gasteiger partial charge in [-0.3, -0.25) is 9.69 Å². The Kier molecular flexibility index (Phi) is 3.39. The molecule has 0 bridgehead atoms. The summed E-state index contributed by atoms with van der Waals surface area (Å²) in [6.07, 6.45) is 0. The van der Waals surface area contributed by atoms with Crippen molar-refractivity contribution in [2.75, 3.05) is 0 Å². The Hall–Kier alpha value is -2.77. The second-order valence-corrected chi connectivity index (χ2v) is 5.50. The van der Waals surface area contributed by atoms with Gasteiger partial charge in [0.25, 0.3) is 5.91 Å². The van der Waals surface area contributed by atoms with Crippen LogP contribution in [-0.4, -0.2) is 22.0 Å². The molecule has 1 saturated heterocycles. The Morgan fingerprint density at radius 2 is 2.04 bits per heavy atom. The van der Waals surface area contributed by atoms with Gasteiger partial charge in [-0.25, -0.2) is 13.6 Å². The summed E-state index contributed by atoms with van der Waals surface area (Å²) in [4.78, 5) is 25.6. The highest BCUT2D eigenvalue weighted by atomic mass is 19.1. The van der Waals surface area contributed by atoms with Gasteiger partial charge >= 0.3 is 6.03 Å². The monoisotopic (exact) mass is 321 g/mol. The third-order valence-corrected chi connectivity index (χ3v) is 3.74. The van der Waals surface area contributed by atoms with Crippen molar-refractivity contribution >= 4 is 11.9 Å². The average molecular weight is 321 g/mol. The molecule has 0 spiro atoms. The minimum absolute atomic E-state index is 0.117. The van der Waals surface area contributed by atoms with Crippen LogP contribution in [0.15, 0.2) is 28.8 Å². The number of hydrogen-bond donors (Lipinski definition) is 1. The lowest BCUT2D eigenvalue weighted by Gasteiger charge is -2.22. The molecule has 2 heterocycles. The van der Waals surface area contributed by atoms with Crippen molar-refractivity contribution < 1.29 is 22.9 Å². The van der Waals surface area contributed by atoms with E-state index >= 15 is 0 Å². The van der Waals surface area contributed by atoms with Gasteiger partial charge in [-0.15, -0.1) is 0 Å². The second kappa shape index (κ2) is 5.15. The Labute approximate surface area is 130 Å². The maximum Gasteiger partial charge on any atom is 0.325 e. The zero-order valence-electron chi connectivity index (χ0n) is 12.4. The van der Waals surface area contributed by atoms with E-state index in [2.05, 4.69) is 10.5 Å². The Bertz CT molecular complexity index is 805. The van der Waals surface area contributed by atoms with Gasteiger partial charge in [0.2, 0.25) is 0 Å². The molecular weight excluding hydrogens is 308 g/mol. The minimum atomic E-state index is -1.68. The molecule has 3 rings (SSSR count). The van der Waals surface area contributed by atoms with Crippen molar-refractivity contribution in [3.63, 3.8) is 0 Å². The topological polar surface area (TPSA) is 75.4 Å². The van der Waals surface area contributed by atoms with E-state index in [1.807, 2.05) is 0 Å². The lowest BCUT2D eigenvalue weighted by Crippen LogP contribution is -2.41. The van der Waals surface area contributed by atoms with E-state index < -0.39 is 29.1 Å². The van der Waals surface area contributed by atoms with Crippen LogP contribution in [0.25, 0.3) is 0 Å². The molecule has 1 aliphatic heterocycles. The van der Waals surface area contributed by atoms with Crippen molar-refractivity contribution in [2.45, 2.75) is 25.9 Å². The van der Waals surface area contributed by atoms with Gasteiger partial charge in [-0.05, 0) is 32.0 Å². The van der Waals surface area contributed by atoms with Gasteiger partial charge in [0, 0.05) is 11.6 Å². The number of aromatic nitrogens is 1. The first-order valence-corrected chi connectivity index (χ1v) is 6.83. The fraction of sp³-hybridized carbons (Fsp3) is 0.267. The van der Waals surface area contributed by atoms with Gasteiger partial charge in [0.1, 0.15) is 28.6 Å². The van der Waals surface area contributed by atoms with Crippen LogP contribution in [0.4, 0.5) is 13.6 Å². The van der Waals surface area contributed by atoms with Gasteiger partial charge < -0.3 is 9.84 Å². The molecule has 1 aromatic carbocycles. The highest BCUT2D eigenvalue weighted by molar-refractivity contribution is 6.07. The van der Waals surface area contributed by atoms with Gasteiger partial charge in [-0.1, -0.05) is 5.16 Å². The van der Waals surface area contributed by atoms with Gasteiger partial charge in [0.15, 0.2) is 0 Å². The molecule has 23 heavy (non-hydrogen) atoms. The van der Waals surface area contributed by atoms with Crippen LogP contribution in [0.3, 0.4) is 0 Å². The molecule has 1 atom stereocenters. The molecule has 1 aromatic heterocycles. The number of aryl methyl sites for hydroxylation is 1. The fourth-order valence-electron chi connectivity index (χ4n) is 2.56. The standard InChI is InChI=1S/C15H13F2N3O3/c1-8-5-10(19-23-8)7-20-13(21)15(2,18-14(20)22)11-6-9(16)3-4-12(11)17/h3-6H,7H2,1-2H3,(H,18,22)/t15-/m0/s1. The molecule has 1 fully saturated rings. The molecule has 8 heteroatoms. The van der Waals surface area contributed by atoms with Crippen molar-refractivity contribution in [1.82, 2.24) is 15.4 Å². The van der Waals surface area contributed by atoms with E-state index in [1.54, 1.807) is 13.0 Å². The third-order valence-electron chi connectivity index (χ3n) is 3.74. The van der Waals surface area contributed by atoms with Gasteiger partial charge in [0.05, 0.1) is 6.54 Å². The number of urea groups is 1. The number of carbonyl (C=O) groups is 2. The molecule has 6 nitrogen and oxygen atoms in total. The van der Waals surface area contributed by atoms with Gasteiger partial charge in [-0.2, -0.15) is 0 Å². The molecule has 1 N–H and O–H groups in total. The first-order valence-electron chi connectivity index (χ1n) is 6.83. The zero-order valence-corrected chi connectivity index (χ0v) is 12.4. The molecule has 3 amide bonds. The summed E-state index contributed by atoms with van der Waals surface area (Å²) in [5.74, 6) is -1.63. The molecule has 1 aliphatic rings. The molecule has 120 valence electrons. The van der Waals surface area contributed by atoms with Crippen molar-refractivity contribution in [1.29, 1.82) is 0 Å². The third kappa shape index (κ3) is 2.45. The second-order valence-electron chi connectivity index (χ2n) is 5.50. The summed E-state index contributed by atoms with van der Waals surface area (Å²) in [5, 5.41) is 6.13. The highest BCUT2D eigenvalue weighted by Crippen LogP contribution is 2.31. The van der Waals surface area contributed by atoms with Crippen LogP contribution < -0.4 is 5.32 Å². The van der Waals surface area contributed by atoms with Crippen molar-refractivity contribution in [3.05, 3.63) is 52.9 Å². The molecule has 0 saturated carbocycles. The zero-order chi connectivity index (χ0) is 16.8. The summed E-state index contributed by atoms with van der Waals surface area (Å²) < 4.78 is 32.3. The van der Waals surface area contributed by atoms with Crippen LogP contribution in [0.5, 0.6) is 0 Å². The maximum atomic E-state index is 14.0. The summed E-state index contributed by atoms with van der Waals surface area (Å²) in [5.41, 5.74) is -1.52.